The van der Waals surface area contributed by atoms with Crippen molar-refractivity contribution >= 4 is 41.7 Å². The number of hydrazine groups is 2. The van der Waals surface area contributed by atoms with Crippen LogP contribution in [0.5, 0.6) is 0 Å². The van der Waals surface area contributed by atoms with Crippen LogP contribution in [-0.2, 0) is 5.44 Å². The molecule has 0 bridgehead atoms. The Kier molecular flexibility index (Phi) is 7.97. The Bertz CT molecular complexity index is 1920. The molecular weight excluding hydrogens is 612 g/mol. The van der Waals surface area contributed by atoms with E-state index < -0.39 is 17.2 Å². The Morgan fingerprint density at radius 3 is 2.39 bits per heavy atom. The van der Waals surface area contributed by atoms with E-state index in [4.69, 9.17) is 11.6 Å². The highest BCUT2D eigenvalue weighted by atomic mass is 35.5. The van der Waals surface area contributed by atoms with E-state index in [0.29, 0.717) is 44.1 Å². The quantitative estimate of drug-likeness (QED) is 0.157. The summed E-state index contributed by atoms with van der Waals surface area (Å²) in [6.07, 6.45) is -0.925. The van der Waals surface area contributed by atoms with E-state index in [9.17, 15) is 23.7 Å². The minimum atomic E-state index is -4.44. The third-order valence-corrected chi connectivity index (χ3v) is 9.10. The molecule has 0 amide bonds. The Hall–Kier alpha value is -4.91. The fraction of sp³-hybridized carbons (Fsp3) is 0.242. The molecule has 2 aliphatic rings. The lowest BCUT2D eigenvalue weighted by Crippen LogP contribution is -2.53. The van der Waals surface area contributed by atoms with Gasteiger partial charge in [-0.1, -0.05) is 67.1 Å². The van der Waals surface area contributed by atoms with Gasteiger partial charge in [0.2, 0.25) is 0 Å². The van der Waals surface area contributed by atoms with Gasteiger partial charge in [-0.3, -0.25) is 9.99 Å². The Morgan fingerprint density at radius 2 is 1.76 bits per heavy atom. The lowest BCUT2D eigenvalue weighted by atomic mass is 9.69. The van der Waals surface area contributed by atoms with Crippen LogP contribution in [-0.4, -0.2) is 29.6 Å². The number of hydrogen-bond donors (Lipinski definition) is 4. The topological polar surface area (TPSA) is 112 Å². The Balaban J connectivity index is 1.48. The van der Waals surface area contributed by atoms with Crippen molar-refractivity contribution in [2.45, 2.75) is 49.4 Å². The highest BCUT2D eigenvalue weighted by Gasteiger charge is 2.67. The number of nitriles is 2. The van der Waals surface area contributed by atoms with Crippen LogP contribution in [0.15, 0.2) is 84.8 Å². The third kappa shape index (κ3) is 5.34. The van der Waals surface area contributed by atoms with Gasteiger partial charge in [0, 0.05) is 28.5 Å². The number of pyridine rings is 1. The van der Waals surface area contributed by atoms with E-state index in [2.05, 4.69) is 38.7 Å². The SMILES string of the molecule is BC(Nc1cc(C#N)c2ncc(C#N)c(N[C@H](CC)c3ccccc3)c2c1)(C1=CN(C2(C(F)(F)F)CC2)NN1)c1ccccc1Cl. The molecule has 0 radical (unpaired) electrons. The molecule has 1 fully saturated rings. The second kappa shape index (κ2) is 11.8. The number of rotatable bonds is 9. The second-order valence-corrected chi connectivity index (χ2v) is 12.0. The summed E-state index contributed by atoms with van der Waals surface area (Å²) in [5.74, 6) is 0. The van der Waals surface area contributed by atoms with Crippen LogP contribution in [0, 0.1) is 22.7 Å². The number of nitrogens with zero attached hydrogens (tertiary/aromatic N) is 4. The van der Waals surface area contributed by atoms with Crippen molar-refractivity contribution in [2.75, 3.05) is 10.6 Å². The summed E-state index contributed by atoms with van der Waals surface area (Å²) in [7, 11) is 1.80. The third-order valence-electron chi connectivity index (χ3n) is 8.77. The van der Waals surface area contributed by atoms with Crippen molar-refractivity contribution in [2.24, 2.45) is 0 Å². The van der Waals surface area contributed by atoms with Gasteiger partial charge in [0.25, 0.3) is 0 Å². The van der Waals surface area contributed by atoms with Gasteiger partial charge in [0.1, 0.15) is 20.0 Å². The molecule has 2 atom stereocenters. The molecule has 8 nitrogen and oxygen atoms in total. The maximum atomic E-state index is 14.0. The van der Waals surface area contributed by atoms with Crippen molar-refractivity contribution < 1.29 is 13.2 Å². The van der Waals surface area contributed by atoms with Crippen molar-refractivity contribution in [1.82, 2.24) is 21.0 Å². The first-order valence-electron chi connectivity index (χ1n) is 14.8. The predicted molar refractivity (Wildman–Crippen MR) is 174 cm³/mol. The van der Waals surface area contributed by atoms with Gasteiger partial charge in [0.05, 0.1) is 39.5 Å². The zero-order valence-corrected chi connectivity index (χ0v) is 25.8. The smallest absolute Gasteiger partial charge is 0.378 e. The highest BCUT2D eigenvalue weighted by molar-refractivity contribution is 6.33. The van der Waals surface area contributed by atoms with Crippen molar-refractivity contribution in [3.63, 3.8) is 0 Å². The number of hydrogen-bond acceptors (Lipinski definition) is 8. The van der Waals surface area contributed by atoms with E-state index in [1.54, 1.807) is 44.2 Å². The van der Waals surface area contributed by atoms with Gasteiger partial charge in [-0.15, -0.1) is 5.53 Å². The summed E-state index contributed by atoms with van der Waals surface area (Å²) in [6.45, 7) is 2.03. The van der Waals surface area contributed by atoms with Crippen LogP contribution in [0.3, 0.4) is 0 Å². The summed E-state index contributed by atoms with van der Waals surface area (Å²) in [4.78, 5) is 4.46. The van der Waals surface area contributed by atoms with Crippen LogP contribution in [0.25, 0.3) is 10.9 Å². The minimum Gasteiger partial charge on any atom is -0.378 e. The van der Waals surface area contributed by atoms with Gasteiger partial charge in [0.15, 0.2) is 5.54 Å². The number of alkyl halides is 3. The number of benzene rings is 3. The van der Waals surface area contributed by atoms with Crippen molar-refractivity contribution in [3.8, 4) is 12.1 Å². The molecule has 232 valence electrons. The van der Waals surface area contributed by atoms with Crippen LogP contribution >= 0.6 is 11.6 Å². The van der Waals surface area contributed by atoms with Crippen molar-refractivity contribution in [1.29, 1.82) is 10.5 Å². The Morgan fingerprint density at radius 1 is 1.07 bits per heavy atom. The van der Waals surface area contributed by atoms with Gasteiger partial charge in [-0.25, -0.2) is 0 Å². The van der Waals surface area contributed by atoms with Crippen LogP contribution in [0.4, 0.5) is 24.5 Å². The molecule has 4 aromatic rings. The molecular formula is C33H29BClF3N8. The maximum Gasteiger partial charge on any atom is 0.413 e. The summed E-state index contributed by atoms with van der Waals surface area (Å²) in [5, 5.41) is 29.2. The molecule has 2 heterocycles. The van der Waals surface area contributed by atoms with E-state index in [0.717, 1.165) is 17.0 Å². The van der Waals surface area contributed by atoms with Crippen LogP contribution < -0.4 is 21.6 Å². The lowest BCUT2D eigenvalue weighted by Gasteiger charge is -2.34. The molecule has 46 heavy (non-hydrogen) atoms. The fourth-order valence-electron chi connectivity index (χ4n) is 5.99. The predicted octanol–water partition coefficient (Wildman–Crippen LogP) is 6.35. The van der Waals surface area contributed by atoms with E-state index in [1.165, 1.54) is 12.4 Å². The van der Waals surface area contributed by atoms with Gasteiger partial charge >= 0.3 is 6.18 Å². The molecule has 1 aliphatic carbocycles. The number of anilines is 2. The summed E-state index contributed by atoms with van der Waals surface area (Å²) in [5.41, 5.74) is 6.39. The van der Waals surface area contributed by atoms with Crippen LogP contribution in [0.2, 0.25) is 5.02 Å². The molecule has 1 unspecified atom stereocenters. The van der Waals surface area contributed by atoms with Gasteiger partial charge < -0.3 is 16.1 Å². The number of halogens is 4. The summed E-state index contributed by atoms with van der Waals surface area (Å²) < 4.78 is 42.1. The van der Waals surface area contributed by atoms with Gasteiger partial charge in [-0.05, 0) is 48.6 Å². The zero-order valence-electron chi connectivity index (χ0n) is 25.0. The fourth-order valence-corrected chi connectivity index (χ4v) is 6.32. The molecule has 3 aromatic carbocycles. The molecule has 6 rings (SSSR count). The van der Waals surface area contributed by atoms with Crippen LogP contribution in [0.1, 0.15) is 54.5 Å². The van der Waals surface area contributed by atoms with E-state index in [1.807, 2.05) is 37.3 Å². The highest BCUT2D eigenvalue weighted by Crippen LogP contribution is 2.54. The molecule has 0 spiro atoms. The average molecular weight is 641 g/mol. The first kappa shape index (κ1) is 31.1. The second-order valence-electron chi connectivity index (χ2n) is 11.6. The Labute approximate surface area is 270 Å². The molecule has 1 aliphatic heterocycles. The largest absolute Gasteiger partial charge is 0.413 e. The normalized spacial score (nSPS) is 17.2. The summed E-state index contributed by atoms with van der Waals surface area (Å²) >= 11 is 6.70. The number of aromatic nitrogens is 1. The van der Waals surface area contributed by atoms with Gasteiger partial charge in [-0.2, -0.15) is 23.7 Å². The summed E-state index contributed by atoms with van der Waals surface area (Å²) in [6, 6.07) is 24.6. The maximum absolute atomic E-state index is 14.0. The average Bonchev–Trinajstić information content (AvgIpc) is 3.73. The molecule has 0 saturated heterocycles. The monoisotopic (exact) mass is 640 g/mol. The minimum absolute atomic E-state index is 0.0346. The standard InChI is InChI=1S/C33H29BClF3N8/c1-2-27(20-8-4-3-5-9-20)42-30-22(17-40)18-41-29-21(16-39)14-23(15-24(29)30)43-32(34,25-10-6-7-11-26(25)35)28-19-46(45-44-28)31(12-13-31)33(36,37)38/h3-11,14-15,18-19,27,43-45H,2,12-13,34H2,1H3,(H,41,42)/t27-,32?/m1/s1. The van der Waals surface area contributed by atoms with E-state index in [-0.39, 0.29) is 24.4 Å². The number of nitrogens with one attached hydrogen (secondary N) is 4. The lowest BCUT2D eigenvalue weighted by molar-refractivity contribution is -0.195. The van der Waals surface area contributed by atoms with E-state index >= 15 is 0 Å². The number of fused-ring (bicyclic) bond motifs is 1. The molecule has 1 saturated carbocycles. The first-order valence-corrected chi connectivity index (χ1v) is 15.1. The molecule has 13 heteroatoms. The molecule has 4 N–H and O–H groups in total. The van der Waals surface area contributed by atoms with Crippen molar-refractivity contribution in [3.05, 3.63) is 112 Å². The first-order chi connectivity index (χ1) is 22.0. The zero-order chi connectivity index (χ0) is 32.7. The molecule has 1 aromatic heterocycles.